The number of carbonyl (C=O) groups is 1. The van der Waals surface area contributed by atoms with E-state index < -0.39 is 0 Å². The standard InChI is InChI=1S/C5H9NO2/c1-5(7)8-6-3-2-4-6/h2-4H2,1H3. The van der Waals surface area contributed by atoms with Crippen molar-refractivity contribution in [1.29, 1.82) is 0 Å². The van der Waals surface area contributed by atoms with E-state index >= 15 is 0 Å². The second kappa shape index (κ2) is 2.13. The summed E-state index contributed by atoms with van der Waals surface area (Å²) < 4.78 is 0. The Bertz CT molecular complexity index is 98.6. The van der Waals surface area contributed by atoms with E-state index in [1.54, 1.807) is 5.06 Å². The Labute approximate surface area is 48.2 Å². The predicted molar refractivity (Wildman–Crippen MR) is 28.0 cm³/mol. The van der Waals surface area contributed by atoms with Crippen LogP contribution in [0.25, 0.3) is 0 Å². The summed E-state index contributed by atoms with van der Waals surface area (Å²) in [5.74, 6) is -0.218. The fourth-order valence-electron chi connectivity index (χ4n) is 0.560. The van der Waals surface area contributed by atoms with Crippen molar-refractivity contribution in [2.24, 2.45) is 0 Å². The van der Waals surface area contributed by atoms with Crippen molar-refractivity contribution >= 4 is 5.97 Å². The molecule has 1 aliphatic heterocycles. The first-order chi connectivity index (χ1) is 3.79. The van der Waals surface area contributed by atoms with Crippen LogP contribution < -0.4 is 0 Å². The van der Waals surface area contributed by atoms with E-state index in [-0.39, 0.29) is 5.97 Å². The van der Waals surface area contributed by atoms with Crippen LogP contribution in [0.15, 0.2) is 0 Å². The van der Waals surface area contributed by atoms with E-state index in [4.69, 9.17) is 0 Å². The molecule has 0 spiro atoms. The molecule has 0 N–H and O–H groups in total. The molecule has 46 valence electrons. The Morgan fingerprint density at radius 1 is 1.62 bits per heavy atom. The second-order valence-electron chi connectivity index (χ2n) is 1.87. The van der Waals surface area contributed by atoms with Crippen LogP contribution in [-0.4, -0.2) is 24.1 Å². The smallest absolute Gasteiger partial charge is 0.322 e. The normalized spacial score (nSPS) is 19.6. The Hall–Kier alpha value is -0.570. The zero-order valence-electron chi connectivity index (χ0n) is 4.89. The van der Waals surface area contributed by atoms with Crippen molar-refractivity contribution in [3.63, 3.8) is 0 Å². The number of rotatable bonds is 1. The van der Waals surface area contributed by atoms with Crippen LogP contribution in [-0.2, 0) is 9.63 Å². The predicted octanol–water partition coefficient (Wildman–Crippen LogP) is 0.170. The van der Waals surface area contributed by atoms with Gasteiger partial charge in [-0.15, -0.1) is 5.06 Å². The molecule has 1 heterocycles. The first kappa shape index (κ1) is 5.56. The highest BCUT2D eigenvalue weighted by molar-refractivity contribution is 5.65. The Kier molecular flexibility index (Phi) is 1.48. The van der Waals surface area contributed by atoms with Gasteiger partial charge in [0.1, 0.15) is 0 Å². The van der Waals surface area contributed by atoms with Crippen molar-refractivity contribution in [2.75, 3.05) is 13.1 Å². The highest BCUT2D eigenvalue weighted by Crippen LogP contribution is 2.04. The summed E-state index contributed by atoms with van der Waals surface area (Å²) in [6.07, 6.45) is 1.15. The van der Waals surface area contributed by atoms with Gasteiger partial charge in [-0.1, -0.05) is 0 Å². The minimum atomic E-state index is -0.218. The summed E-state index contributed by atoms with van der Waals surface area (Å²) in [6, 6.07) is 0. The molecule has 1 fully saturated rings. The van der Waals surface area contributed by atoms with Crippen molar-refractivity contribution in [3.8, 4) is 0 Å². The third-order valence-electron chi connectivity index (χ3n) is 1.07. The summed E-state index contributed by atoms with van der Waals surface area (Å²) in [4.78, 5) is 14.9. The van der Waals surface area contributed by atoms with Crippen LogP contribution in [0.2, 0.25) is 0 Å². The number of nitrogens with zero attached hydrogens (tertiary/aromatic N) is 1. The minimum Gasteiger partial charge on any atom is -0.368 e. The summed E-state index contributed by atoms with van der Waals surface area (Å²) in [5, 5.41) is 1.66. The minimum absolute atomic E-state index is 0.218. The molecule has 0 aromatic rings. The van der Waals surface area contributed by atoms with Crippen molar-refractivity contribution in [2.45, 2.75) is 13.3 Å². The summed E-state index contributed by atoms with van der Waals surface area (Å²) in [6.45, 7) is 3.22. The lowest BCUT2D eigenvalue weighted by Crippen LogP contribution is -2.38. The van der Waals surface area contributed by atoms with E-state index in [9.17, 15) is 4.79 Å². The van der Waals surface area contributed by atoms with Gasteiger partial charge < -0.3 is 4.84 Å². The maximum absolute atomic E-state index is 10.2. The molecule has 3 nitrogen and oxygen atoms in total. The van der Waals surface area contributed by atoms with Crippen LogP contribution >= 0.6 is 0 Å². The summed E-state index contributed by atoms with van der Waals surface area (Å²) >= 11 is 0. The molecule has 0 unspecified atom stereocenters. The summed E-state index contributed by atoms with van der Waals surface area (Å²) in [5.41, 5.74) is 0. The molecule has 0 radical (unpaired) electrons. The van der Waals surface area contributed by atoms with Gasteiger partial charge in [-0.25, -0.2) is 0 Å². The van der Waals surface area contributed by atoms with Gasteiger partial charge in [-0.3, -0.25) is 4.79 Å². The molecular formula is C5H9NO2. The molecular weight excluding hydrogens is 106 g/mol. The van der Waals surface area contributed by atoms with E-state index in [2.05, 4.69) is 4.84 Å². The molecule has 0 aromatic heterocycles. The molecule has 0 amide bonds. The topological polar surface area (TPSA) is 29.5 Å². The zero-order valence-corrected chi connectivity index (χ0v) is 4.89. The molecule has 1 rings (SSSR count). The van der Waals surface area contributed by atoms with Crippen molar-refractivity contribution < 1.29 is 9.63 Å². The van der Waals surface area contributed by atoms with E-state index in [0.29, 0.717) is 0 Å². The molecule has 3 heteroatoms. The Morgan fingerprint density at radius 3 is 2.38 bits per heavy atom. The highest BCUT2D eigenvalue weighted by atomic mass is 16.7. The first-order valence-corrected chi connectivity index (χ1v) is 2.72. The second-order valence-corrected chi connectivity index (χ2v) is 1.87. The van der Waals surface area contributed by atoms with Crippen molar-refractivity contribution in [3.05, 3.63) is 0 Å². The largest absolute Gasteiger partial charge is 0.368 e. The highest BCUT2D eigenvalue weighted by Gasteiger charge is 2.15. The molecule has 0 aliphatic carbocycles. The maximum Gasteiger partial charge on any atom is 0.322 e. The van der Waals surface area contributed by atoms with Crippen LogP contribution in [0.1, 0.15) is 13.3 Å². The van der Waals surface area contributed by atoms with Gasteiger partial charge in [0, 0.05) is 20.0 Å². The number of hydrogen-bond donors (Lipinski definition) is 0. The van der Waals surface area contributed by atoms with Crippen molar-refractivity contribution in [1.82, 2.24) is 5.06 Å². The van der Waals surface area contributed by atoms with Gasteiger partial charge in [0.25, 0.3) is 0 Å². The third kappa shape index (κ3) is 1.20. The van der Waals surface area contributed by atoms with Crippen LogP contribution in [0.4, 0.5) is 0 Å². The van der Waals surface area contributed by atoms with Gasteiger partial charge >= 0.3 is 5.97 Å². The van der Waals surface area contributed by atoms with E-state index in [1.807, 2.05) is 0 Å². The first-order valence-electron chi connectivity index (χ1n) is 2.72. The Balaban J connectivity index is 2.09. The molecule has 8 heavy (non-hydrogen) atoms. The van der Waals surface area contributed by atoms with E-state index in [0.717, 1.165) is 19.5 Å². The van der Waals surface area contributed by atoms with Crippen LogP contribution in [0.5, 0.6) is 0 Å². The molecule has 1 saturated heterocycles. The number of hydroxylamine groups is 2. The van der Waals surface area contributed by atoms with Gasteiger partial charge in [0.2, 0.25) is 0 Å². The lowest BCUT2D eigenvalue weighted by molar-refractivity contribution is -0.204. The fraction of sp³-hybridized carbons (Fsp3) is 0.800. The van der Waals surface area contributed by atoms with Gasteiger partial charge in [-0.05, 0) is 6.42 Å². The average molecular weight is 115 g/mol. The SMILES string of the molecule is CC(=O)ON1CCC1. The lowest BCUT2D eigenvalue weighted by atomic mass is 10.3. The van der Waals surface area contributed by atoms with Gasteiger partial charge in [-0.2, -0.15) is 0 Å². The average Bonchev–Trinajstić information content (AvgIpc) is 1.55. The molecule has 0 bridgehead atoms. The zero-order chi connectivity index (χ0) is 5.98. The third-order valence-corrected chi connectivity index (χ3v) is 1.07. The number of hydrogen-bond acceptors (Lipinski definition) is 3. The quantitative estimate of drug-likeness (QED) is 0.488. The number of carbonyl (C=O) groups excluding carboxylic acids is 1. The molecule has 0 saturated carbocycles. The van der Waals surface area contributed by atoms with Gasteiger partial charge in [0.05, 0.1) is 0 Å². The van der Waals surface area contributed by atoms with Crippen LogP contribution in [0, 0.1) is 0 Å². The Morgan fingerprint density at radius 2 is 2.25 bits per heavy atom. The molecule has 0 atom stereocenters. The van der Waals surface area contributed by atoms with Crippen LogP contribution in [0.3, 0.4) is 0 Å². The fourth-order valence-corrected chi connectivity index (χ4v) is 0.560. The lowest BCUT2D eigenvalue weighted by Gasteiger charge is -2.27. The molecule has 0 aromatic carbocycles. The van der Waals surface area contributed by atoms with E-state index in [1.165, 1.54) is 6.92 Å². The maximum atomic E-state index is 10.2. The molecule has 1 aliphatic rings. The van der Waals surface area contributed by atoms with Gasteiger partial charge in [0.15, 0.2) is 0 Å². The monoisotopic (exact) mass is 115 g/mol. The summed E-state index contributed by atoms with van der Waals surface area (Å²) in [7, 11) is 0.